The van der Waals surface area contributed by atoms with Crippen LogP contribution in [0.1, 0.15) is 5.56 Å². The fourth-order valence-electron chi connectivity index (χ4n) is 2.01. The van der Waals surface area contributed by atoms with Crippen molar-refractivity contribution in [1.29, 1.82) is 0 Å². The molecule has 0 amide bonds. The smallest absolute Gasteiger partial charge is 0.219 e. The number of rotatable bonds is 3. The number of fused-ring (bicyclic) bond motifs is 1. The van der Waals surface area contributed by atoms with Gasteiger partial charge in [0.1, 0.15) is 5.75 Å². The molecule has 0 aliphatic carbocycles. The van der Waals surface area contributed by atoms with Crippen molar-refractivity contribution in [3.63, 3.8) is 0 Å². The number of benzene rings is 2. The molecule has 0 bridgehead atoms. The van der Waals surface area contributed by atoms with E-state index < -0.39 is 0 Å². The van der Waals surface area contributed by atoms with Crippen molar-refractivity contribution in [2.75, 3.05) is 5.73 Å². The average Bonchev–Trinajstić information content (AvgIpc) is 2.47. The molecule has 0 saturated heterocycles. The topological polar surface area (TPSA) is 68.4 Å². The second kappa shape index (κ2) is 5.19. The summed E-state index contributed by atoms with van der Waals surface area (Å²) >= 11 is 0. The number of aliphatic hydroxyl groups excluding tert-OH is 1. The predicted molar refractivity (Wildman–Crippen MR) is 78.6 cm³/mol. The Hall–Kier alpha value is -2.59. The Kier molecular flexibility index (Phi) is 3.23. The summed E-state index contributed by atoms with van der Waals surface area (Å²) < 4.78 is 5.71. The number of aliphatic hydroxyl groups is 1. The first-order chi connectivity index (χ1) is 9.74. The van der Waals surface area contributed by atoms with Crippen molar-refractivity contribution < 1.29 is 9.84 Å². The molecule has 3 aromatic rings. The molecule has 0 atom stereocenters. The van der Waals surface area contributed by atoms with Gasteiger partial charge in [-0.3, -0.25) is 0 Å². The third-order valence-corrected chi connectivity index (χ3v) is 2.99. The van der Waals surface area contributed by atoms with Gasteiger partial charge in [0.05, 0.1) is 12.1 Å². The fraction of sp³-hybridized carbons (Fsp3) is 0.0625. The summed E-state index contributed by atoms with van der Waals surface area (Å²) in [5, 5.41) is 10.1. The lowest BCUT2D eigenvalue weighted by Crippen LogP contribution is -1.91. The Bertz CT molecular complexity index is 756. The van der Waals surface area contributed by atoms with Crippen molar-refractivity contribution in [3.8, 4) is 11.6 Å². The molecule has 4 nitrogen and oxygen atoms in total. The summed E-state index contributed by atoms with van der Waals surface area (Å²) in [6, 6.07) is 16.6. The number of pyridine rings is 1. The summed E-state index contributed by atoms with van der Waals surface area (Å²) in [5.74, 6) is 1.16. The first-order valence-corrected chi connectivity index (χ1v) is 6.28. The molecule has 0 unspecified atom stereocenters. The molecule has 2 aromatic carbocycles. The Morgan fingerprint density at radius 1 is 1.05 bits per heavy atom. The lowest BCUT2D eigenvalue weighted by atomic mass is 10.2. The van der Waals surface area contributed by atoms with Crippen molar-refractivity contribution in [3.05, 3.63) is 60.2 Å². The lowest BCUT2D eigenvalue weighted by molar-refractivity contribution is 0.281. The number of ether oxygens (including phenoxy) is 1. The first kappa shape index (κ1) is 12.4. The number of hydrogen-bond donors (Lipinski definition) is 2. The van der Waals surface area contributed by atoms with Crippen LogP contribution < -0.4 is 10.5 Å². The first-order valence-electron chi connectivity index (χ1n) is 6.28. The van der Waals surface area contributed by atoms with Crippen LogP contribution in [-0.4, -0.2) is 10.1 Å². The van der Waals surface area contributed by atoms with Crippen LogP contribution in [0.25, 0.3) is 10.9 Å². The zero-order valence-electron chi connectivity index (χ0n) is 10.8. The number of hydrogen-bond acceptors (Lipinski definition) is 4. The van der Waals surface area contributed by atoms with E-state index in [2.05, 4.69) is 4.98 Å². The van der Waals surface area contributed by atoms with Gasteiger partial charge in [0.25, 0.3) is 0 Å². The number of nitrogen functional groups attached to an aromatic ring is 1. The highest BCUT2D eigenvalue weighted by Crippen LogP contribution is 2.24. The molecule has 0 saturated carbocycles. The van der Waals surface area contributed by atoms with E-state index in [-0.39, 0.29) is 6.61 Å². The zero-order valence-corrected chi connectivity index (χ0v) is 10.8. The largest absolute Gasteiger partial charge is 0.439 e. The van der Waals surface area contributed by atoms with E-state index in [1.165, 1.54) is 0 Å². The number of aromatic nitrogens is 1. The van der Waals surface area contributed by atoms with Gasteiger partial charge >= 0.3 is 0 Å². The average molecular weight is 266 g/mol. The molecule has 0 fully saturated rings. The molecule has 4 heteroatoms. The van der Waals surface area contributed by atoms with E-state index in [4.69, 9.17) is 15.6 Å². The molecule has 0 spiro atoms. The molecule has 0 radical (unpaired) electrons. The standard InChI is InChI=1S/C16H14N2O2/c17-13-5-6-15-12(9-13)4-7-16(18-15)20-14-3-1-2-11(8-14)10-19/h1-9,19H,10,17H2. The molecule has 0 aliphatic heterocycles. The van der Waals surface area contributed by atoms with Gasteiger partial charge in [-0.05, 0) is 42.0 Å². The molecule has 0 aliphatic rings. The molecule has 1 heterocycles. The number of nitrogens with two attached hydrogens (primary N) is 1. The maximum atomic E-state index is 9.11. The highest BCUT2D eigenvalue weighted by Gasteiger charge is 2.02. The Labute approximate surface area is 116 Å². The fourth-order valence-corrected chi connectivity index (χ4v) is 2.01. The van der Waals surface area contributed by atoms with Gasteiger partial charge < -0.3 is 15.6 Å². The Balaban J connectivity index is 1.92. The zero-order chi connectivity index (χ0) is 13.9. The normalized spacial score (nSPS) is 10.7. The van der Waals surface area contributed by atoms with E-state index in [9.17, 15) is 0 Å². The van der Waals surface area contributed by atoms with E-state index in [0.29, 0.717) is 17.3 Å². The molecule has 20 heavy (non-hydrogen) atoms. The van der Waals surface area contributed by atoms with Gasteiger partial charge in [-0.1, -0.05) is 12.1 Å². The van der Waals surface area contributed by atoms with E-state index in [1.54, 1.807) is 12.1 Å². The van der Waals surface area contributed by atoms with Gasteiger partial charge in [0.2, 0.25) is 5.88 Å². The second-order valence-electron chi connectivity index (χ2n) is 4.51. The van der Waals surface area contributed by atoms with Crippen LogP contribution in [-0.2, 0) is 6.61 Å². The van der Waals surface area contributed by atoms with Crippen LogP contribution in [0, 0.1) is 0 Å². The van der Waals surface area contributed by atoms with Crippen LogP contribution in [0.3, 0.4) is 0 Å². The highest BCUT2D eigenvalue weighted by molar-refractivity contribution is 5.82. The molecule has 3 rings (SSSR count). The minimum Gasteiger partial charge on any atom is -0.439 e. The Morgan fingerprint density at radius 2 is 1.95 bits per heavy atom. The SMILES string of the molecule is Nc1ccc2nc(Oc3cccc(CO)c3)ccc2c1. The maximum absolute atomic E-state index is 9.11. The molecular formula is C16H14N2O2. The quantitative estimate of drug-likeness (QED) is 0.715. The van der Waals surface area contributed by atoms with Crippen LogP contribution in [0.15, 0.2) is 54.6 Å². The van der Waals surface area contributed by atoms with E-state index in [1.807, 2.05) is 42.5 Å². The third-order valence-electron chi connectivity index (χ3n) is 2.99. The number of nitrogens with zero attached hydrogens (tertiary/aromatic N) is 1. The summed E-state index contributed by atoms with van der Waals surface area (Å²) in [6.07, 6.45) is 0. The molecular weight excluding hydrogens is 252 g/mol. The lowest BCUT2D eigenvalue weighted by Gasteiger charge is -2.07. The van der Waals surface area contributed by atoms with Crippen LogP contribution in [0.4, 0.5) is 5.69 Å². The van der Waals surface area contributed by atoms with Crippen LogP contribution >= 0.6 is 0 Å². The van der Waals surface area contributed by atoms with Gasteiger partial charge in [0, 0.05) is 17.1 Å². The molecule has 1 aromatic heterocycles. The summed E-state index contributed by atoms with van der Waals surface area (Å²) in [7, 11) is 0. The van der Waals surface area contributed by atoms with Gasteiger partial charge in [-0.25, -0.2) is 4.98 Å². The molecule has 100 valence electrons. The maximum Gasteiger partial charge on any atom is 0.219 e. The van der Waals surface area contributed by atoms with Crippen molar-refractivity contribution >= 4 is 16.6 Å². The minimum atomic E-state index is -0.0123. The van der Waals surface area contributed by atoms with Gasteiger partial charge in [-0.15, -0.1) is 0 Å². The second-order valence-corrected chi connectivity index (χ2v) is 4.51. The third kappa shape index (κ3) is 2.55. The summed E-state index contributed by atoms with van der Waals surface area (Å²) in [4.78, 5) is 4.43. The van der Waals surface area contributed by atoms with Gasteiger partial charge in [0.15, 0.2) is 0 Å². The van der Waals surface area contributed by atoms with E-state index in [0.717, 1.165) is 16.5 Å². The van der Waals surface area contributed by atoms with Crippen molar-refractivity contribution in [1.82, 2.24) is 4.98 Å². The van der Waals surface area contributed by atoms with Crippen molar-refractivity contribution in [2.45, 2.75) is 6.61 Å². The van der Waals surface area contributed by atoms with E-state index >= 15 is 0 Å². The summed E-state index contributed by atoms with van der Waals surface area (Å²) in [5.41, 5.74) is 8.08. The van der Waals surface area contributed by atoms with Crippen LogP contribution in [0.2, 0.25) is 0 Å². The highest BCUT2D eigenvalue weighted by atomic mass is 16.5. The van der Waals surface area contributed by atoms with Crippen LogP contribution in [0.5, 0.6) is 11.6 Å². The predicted octanol–water partition coefficient (Wildman–Crippen LogP) is 3.10. The summed E-state index contributed by atoms with van der Waals surface area (Å²) in [6.45, 7) is -0.0123. The minimum absolute atomic E-state index is 0.0123. The Morgan fingerprint density at radius 3 is 2.80 bits per heavy atom. The monoisotopic (exact) mass is 266 g/mol. The van der Waals surface area contributed by atoms with Gasteiger partial charge in [-0.2, -0.15) is 0 Å². The van der Waals surface area contributed by atoms with Crippen molar-refractivity contribution in [2.24, 2.45) is 0 Å². The molecule has 3 N–H and O–H groups in total. The number of anilines is 1.